The van der Waals surface area contributed by atoms with Gasteiger partial charge in [-0.1, -0.05) is 6.07 Å². The van der Waals surface area contributed by atoms with Crippen LogP contribution in [0.4, 0.5) is 0 Å². The summed E-state index contributed by atoms with van der Waals surface area (Å²) in [5.41, 5.74) is 4.45. The first kappa shape index (κ1) is 16.5. The summed E-state index contributed by atoms with van der Waals surface area (Å²) in [6, 6.07) is 6.23. The number of nitrogens with one attached hydrogen (secondary N) is 1. The molecule has 1 aromatic rings. The van der Waals surface area contributed by atoms with E-state index in [1.165, 1.54) is 12.1 Å². The van der Waals surface area contributed by atoms with Gasteiger partial charge in [0, 0.05) is 12.7 Å². The van der Waals surface area contributed by atoms with Crippen LogP contribution < -0.4 is 15.8 Å². The minimum absolute atomic E-state index is 0.196. The molecule has 1 unspecified atom stereocenters. The highest BCUT2D eigenvalue weighted by Gasteiger charge is 2.28. The molecule has 20 heavy (non-hydrogen) atoms. The average molecular weight is 300 g/mol. The normalized spacial score (nSPS) is 14.6. The third-order valence-corrected chi connectivity index (χ3v) is 4.31. The fraction of sp³-hybridized carbons (Fsp3) is 0.462. The summed E-state index contributed by atoms with van der Waals surface area (Å²) in [6.45, 7) is 1.93. The van der Waals surface area contributed by atoms with Crippen molar-refractivity contribution < 1.29 is 17.9 Å². The van der Waals surface area contributed by atoms with Crippen molar-refractivity contribution >= 4 is 15.7 Å². The maximum absolute atomic E-state index is 11.4. The van der Waals surface area contributed by atoms with Crippen LogP contribution in [-0.4, -0.2) is 39.8 Å². The molecule has 1 atom stereocenters. The molecule has 1 rings (SSSR count). The average Bonchev–Trinajstić information content (AvgIpc) is 2.37. The molecule has 3 N–H and O–H groups in total. The summed E-state index contributed by atoms with van der Waals surface area (Å²) in [6.07, 6.45) is 1.51. The van der Waals surface area contributed by atoms with E-state index in [1.807, 2.05) is 0 Å². The molecule has 0 bridgehead atoms. The number of carbonyl (C=O) groups excluding carboxylic acids is 1. The topological polar surface area (TPSA) is 98.5 Å². The number of benzene rings is 1. The van der Waals surface area contributed by atoms with Crippen molar-refractivity contribution in [3.8, 4) is 5.75 Å². The van der Waals surface area contributed by atoms with Crippen LogP contribution in [0.1, 0.15) is 13.3 Å². The second-order valence-electron chi connectivity index (χ2n) is 4.79. The zero-order valence-corrected chi connectivity index (χ0v) is 12.7. The Morgan fingerprint density at radius 3 is 2.60 bits per heavy atom. The Bertz CT molecular complexity index is 586. The standard InChI is InChI=1S/C13H20N2O4S/c1-13(15-2,12(14)16)7-8-19-10-5-4-6-11(9-10)20(3,17)18/h4-6,9,15H,7-8H2,1-3H3,(H2,14,16). The maximum Gasteiger partial charge on any atom is 0.237 e. The van der Waals surface area contributed by atoms with E-state index in [4.69, 9.17) is 10.5 Å². The van der Waals surface area contributed by atoms with E-state index in [9.17, 15) is 13.2 Å². The predicted molar refractivity (Wildman–Crippen MR) is 76.3 cm³/mol. The summed E-state index contributed by atoms with van der Waals surface area (Å²) in [7, 11) is -1.62. The summed E-state index contributed by atoms with van der Waals surface area (Å²) >= 11 is 0. The van der Waals surface area contributed by atoms with E-state index in [0.717, 1.165) is 6.26 Å². The first-order valence-electron chi connectivity index (χ1n) is 6.11. The van der Waals surface area contributed by atoms with Gasteiger partial charge in [-0.25, -0.2) is 8.42 Å². The number of likely N-dealkylation sites (N-methyl/N-ethyl adjacent to an activating group) is 1. The van der Waals surface area contributed by atoms with Gasteiger partial charge in [-0.3, -0.25) is 4.79 Å². The molecule has 0 saturated carbocycles. The minimum Gasteiger partial charge on any atom is -0.493 e. The summed E-state index contributed by atoms with van der Waals surface area (Å²) in [5.74, 6) is -0.0238. The quantitative estimate of drug-likeness (QED) is 0.756. The monoisotopic (exact) mass is 300 g/mol. The van der Waals surface area contributed by atoms with Gasteiger partial charge in [0.1, 0.15) is 5.75 Å². The molecule has 0 aromatic heterocycles. The van der Waals surface area contributed by atoms with E-state index in [-0.39, 0.29) is 11.5 Å². The SMILES string of the molecule is CNC(C)(CCOc1cccc(S(C)(=O)=O)c1)C(N)=O. The Hall–Kier alpha value is -1.60. The van der Waals surface area contributed by atoms with Crippen molar-refractivity contribution in [1.29, 1.82) is 0 Å². The van der Waals surface area contributed by atoms with Gasteiger partial charge in [-0.05, 0) is 32.2 Å². The molecular formula is C13H20N2O4S. The number of primary amides is 1. The first-order chi connectivity index (χ1) is 9.19. The number of hydrogen-bond acceptors (Lipinski definition) is 5. The second kappa shape index (κ2) is 6.23. The van der Waals surface area contributed by atoms with Gasteiger partial charge in [-0.2, -0.15) is 0 Å². The maximum atomic E-state index is 11.4. The van der Waals surface area contributed by atoms with Gasteiger partial charge in [0.15, 0.2) is 9.84 Å². The molecule has 0 aliphatic rings. The van der Waals surface area contributed by atoms with Crippen molar-refractivity contribution in [2.75, 3.05) is 19.9 Å². The molecule has 0 radical (unpaired) electrons. The summed E-state index contributed by atoms with van der Waals surface area (Å²) < 4.78 is 28.3. The van der Waals surface area contributed by atoms with Crippen LogP contribution in [0, 0.1) is 0 Å². The molecule has 1 amide bonds. The van der Waals surface area contributed by atoms with Gasteiger partial charge in [0.25, 0.3) is 0 Å². The van der Waals surface area contributed by atoms with Crippen molar-refractivity contribution in [3.05, 3.63) is 24.3 Å². The molecule has 0 heterocycles. The van der Waals surface area contributed by atoms with Gasteiger partial charge < -0.3 is 15.8 Å². The lowest BCUT2D eigenvalue weighted by atomic mass is 9.98. The Balaban J connectivity index is 2.70. The largest absolute Gasteiger partial charge is 0.493 e. The molecule has 0 fully saturated rings. The molecule has 0 aliphatic heterocycles. The fourth-order valence-electron chi connectivity index (χ4n) is 1.54. The second-order valence-corrected chi connectivity index (χ2v) is 6.81. The van der Waals surface area contributed by atoms with Gasteiger partial charge in [-0.15, -0.1) is 0 Å². The number of hydrogen-bond donors (Lipinski definition) is 2. The van der Waals surface area contributed by atoms with Crippen LogP contribution in [0.2, 0.25) is 0 Å². The number of ether oxygens (including phenoxy) is 1. The van der Waals surface area contributed by atoms with E-state index in [2.05, 4.69) is 5.32 Å². The molecule has 7 heteroatoms. The number of carbonyl (C=O) groups is 1. The highest BCUT2D eigenvalue weighted by atomic mass is 32.2. The fourth-order valence-corrected chi connectivity index (χ4v) is 2.20. The molecule has 112 valence electrons. The van der Waals surface area contributed by atoms with Gasteiger partial charge >= 0.3 is 0 Å². The predicted octanol–water partition coefficient (Wildman–Crippen LogP) is 0.322. The van der Waals surface area contributed by atoms with Gasteiger partial charge in [0.2, 0.25) is 5.91 Å². The molecule has 0 aliphatic carbocycles. The van der Waals surface area contributed by atoms with Crippen LogP contribution in [0.15, 0.2) is 29.2 Å². The van der Waals surface area contributed by atoms with Gasteiger partial charge in [0.05, 0.1) is 17.0 Å². The summed E-state index contributed by atoms with van der Waals surface area (Å²) in [5, 5.41) is 2.85. The van der Waals surface area contributed by atoms with Crippen molar-refractivity contribution in [2.45, 2.75) is 23.8 Å². The number of nitrogens with two attached hydrogens (primary N) is 1. The highest BCUT2D eigenvalue weighted by molar-refractivity contribution is 7.90. The molecule has 0 saturated heterocycles. The third kappa shape index (κ3) is 4.21. The molecule has 0 spiro atoms. The third-order valence-electron chi connectivity index (χ3n) is 3.20. The Kier molecular flexibility index (Phi) is 5.13. The van der Waals surface area contributed by atoms with Crippen LogP contribution in [0.5, 0.6) is 5.75 Å². The molecule has 1 aromatic carbocycles. The Labute approximate surface area is 119 Å². The van der Waals surface area contributed by atoms with E-state index < -0.39 is 21.3 Å². The van der Waals surface area contributed by atoms with Crippen molar-refractivity contribution in [3.63, 3.8) is 0 Å². The van der Waals surface area contributed by atoms with Crippen molar-refractivity contribution in [2.24, 2.45) is 5.73 Å². The highest BCUT2D eigenvalue weighted by Crippen LogP contribution is 2.18. The number of rotatable bonds is 7. The van der Waals surface area contributed by atoms with Crippen LogP contribution in [0.25, 0.3) is 0 Å². The van der Waals surface area contributed by atoms with Crippen LogP contribution in [0.3, 0.4) is 0 Å². The zero-order valence-electron chi connectivity index (χ0n) is 11.8. The zero-order chi connectivity index (χ0) is 15.4. The Morgan fingerprint density at radius 2 is 2.10 bits per heavy atom. The lowest BCUT2D eigenvalue weighted by molar-refractivity contribution is -0.124. The summed E-state index contributed by atoms with van der Waals surface area (Å²) in [4.78, 5) is 11.5. The van der Waals surface area contributed by atoms with Crippen LogP contribution in [-0.2, 0) is 14.6 Å². The smallest absolute Gasteiger partial charge is 0.237 e. The van der Waals surface area contributed by atoms with Crippen molar-refractivity contribution in [1.82, 2.24) is 5.32 Å². The van der Waals surface area contributed by atoms with E-state index in [0.29, 0.717) is 12.2 Å². The minimum atomic E-state index is -3.26. The van der Waals surface area contributed by atoms with E-state index in [1.54, 1.807) is 26.1 Å². The molecular weight excluding hydrogens is 280 g/mol. The lowest BCUT2D eigenvalue weighted by Crippen LogP contribution is -2.52. The molecule has 6 nitrogen and oxygen atoms in total. The van der Waals surface area contributed by atoms with Crippen LogP contribution >= 0.6 is 0 Å². The lowest BCUT2D eigenvalue weighted by Gasteiger charge is -2.25. The number of sulfone groups is 1. The number of amides is 1. The first-order valence-corrected chi connectivity index (χ1v) is 8.00. The Morgan fingerprint density at radius 1 is 1.45 bits per heavy atom. The van der Waals surface area contributed by atoms with E-state index >= 15 is 0 Å².